The lowest BCUT2D eigenvalue weighted by Crippen LogP contribution is -2.37. The molecule has 24 heavy (non-hydrogen) atoms. The van der Waals surface area contributed by atoms with Crippen molar-refractivity contribution in [3.8, 4) is 12.3 Å². The van der Waals surface area contributed by atoms with E-state index in [1.54, 1.807) is 0 Å². The van der Waals surface area contributed by atoms with E-state index in [-0.39, 0.29) is 18.5 Å². The number of hydrogen-bond acceptors (Lipinski definition) is 5. The van der Waals surface area contributed by atoms with Crippen molar-refractivity contribution in [1.29, 1.82) is 0 Å². The summed E-state index contributed by atoms with van der Waals surface area (Å²) in [6.45, 7) is 1.46. The van der Waals surface area contributed by atoms with Crippen molar-refractivity contribution in [3.63, 3.8) is 0 Å². The summed E-state index contributed by atoms with van der Waals surface area (Å²) in [6, 6.07) is 0.217. The summed E-state index contributed by atoms with van der Waals surface area (Å²) in [6.07, 6.45) is 10.3. The first-order valence-corrected chi connectivity index (χ1v) is 8.53. The number of likely N-dealkylation sites (N-methyl/N-ethyl adjacent to an activating group) is 1. The second-order valence-electron chi connectivity index (χ2n) is 6.66. The quantitative estimate of drug-likeness (QED) is 0.685. The van der Waals surface area contributed by atoms with Crippen LogP contribution in [0.25, 0.3) is 0 Å². The van der Waals surface area contributed by atoms with Gasteiger partial charge >= 0.3 is 5.97 Å². The lowest BCUT2D eigenvalue weighted by molar-refractivity contribution is -0.138. The zero-order valence-electron chi connectivity index (χ0n) is 14.3. The zero-order chi connectivity index (χ0) is 17.6. The molecule has 7 heteroatoms. The van der Waals surface area contributed by atoms with Gasteiger partial charge in [0.1, 0.15) is 0 Å². The minimum atomic E-state index is -0.816. The fourth-order valence-electron chi connectivity index (χ4n) is 3.24. The van der Waals surface area contributed by atoms with Gasteiger partial charge in [-0.1, -0.05) is 0 Å². The number of rotatable bonds is 8. The summed E-state index contributed by atoms with van der Waals surface area (Å²) in [5.74, 6) is 1.91. The van der Waals surface area contributed by atoms with E-state index in [1.165, 1.54) is 0 Å². The third-order valence-electron chi connectivity index (χ3n) is 4.85. The summed E-state index contributed by atoms with van der Waals surface area (Å²) >= 11 is 0. The Morgan fingerprint density at radius 3 is 2.71 bits per heavy atom. The molecule has 0 saturated carbocycles. The highest BCUT2D eigenvalue weighted by Gasteiger charge is 2.39. The minimum Gasteiger partial charge on any atom is -0.480 e. The second kappa shape index (κ2) is 8.25. The molecule has 1 saturated heterocycles. The third-order valence-corrected chi connectivity index (χ3v) is 4.85. The average molecular weight is 334 g/mol. The third kappa shape index (κ3) is 5.31. The van der Waals surface area contributed by atoms with Crippen LogP contribution in [-0.2, 0) is 9.59 Å². The van der Waals surface area contributed by atoms with Gasteiger partial charge in [-0.25, -0.2) is 0 Å². The van der Waals surface area contributed by atoms with Gasteiger partial charge < -0.3 is 10.0 Å². The van der Waals surface area contributed by atoms with Crippen LogP contribution in [0.1, 0.15) is 44.9 Å². The number of hydrogen-bond donors (Lipinski definition) is 1. The van der Waals surface area contributed by atoms with Gasteiger partial charge in [0.15, 0.2) is 5.66 Å². The molecule has 1 N–H and O–H groups in total. The molecule has 1 fully saturated rings. The first-order valence-electron chi connectivity index (χ1n) is 8.53. The monoisotopic (exact) mass is 334 g/mol. The lowest BCUT2D eigenvalue weighted by atomic mass is 10.0. The Labute approximate surface area is 143 Å². The van der Waals surface area contributed by atoms with E-state index in [4.69, 9.17) is 11.5 Å². The molecule has 0 spiro atoms. The SMILES string of the molecule is C#CCCC1(CCC(=O)N2CCCC(N(C)CC(=O)O)CC2)N=N1. The van der Waals surface area contributed by atoms with E-state index < -0.39 is 11.6 Å². The lowest BCUT2D eigenvalue weighted by Gasteiger charge is -2.25. The summed E-state index contributed by atoms with van der Waals surface area (Å²) in [5, 5.41) is 17.0. The Morgan fingerprint density at radius 1 is 1.33 bits per heavy atom. The standard InChI is InChI=1S/C17H26N4O3/c1-3-4-9-17(18-19-17)10-7-15(22)21-11-5-6-14(8-12-21)20(2)13-16(23)24/h1,14H,4-13H2,2H3,(H,23,24). The molecule has 0 radical (unpaired) electrons. The van der Waals surface area contributed by atoms with Crippen LogP contribution in [0.3, 0.4) is 0 Å². The fraction of sp³-hybridized carbons (Fsp3) is 0.765. The predicted molar refractivity (Wildman–Crippen MR) is 89.4 cm³/mol. The molecule has 1 amide bonds. The number of carboxylic acids is 1. The number of amides is 1. The number of terminal acetylenes is 1. The van der Waals surface area contributed by atoms with E-state index in [0.29, 0.717) is 25.8 Å². The maximum absolute atomic E-state index is 12.4. The summed E-state index contributed by atoms with van der Waals surface area (Å²) in [4.78, 5) is 27.0. The minimum absolute atomic E-state index is 0.0410. The summed E-state index contributed by atoms with van der Waals surface area (Å²) < 4.78 is 0. The van der Waals surface area contributed by atoms with Crippen LogP contribution in [0, 0.1) is 12.3 Å². The normalized spacial score (nSPS) is 22.0. The van der Waals surface area contributed by atoms with Crippen molar-refractivity contribution >= 4 is 11.9 Å². The van der Waals surface area contributed by atoms with Gasteiger partial charge in [-0.15, -0.1) is 12.3 Å². The van der Waals surface area contributed by atoms with Gasteiger partial charge in [0.25, 0.3) is 0 Å². The smallest absolute Gasteiger partial charge is 0.317 e. The van der Waals surface area contributed by atoms with Gasteiger partial charge in [-0.3, -0.25) is 14.5 Å². The number of carbonyl (C=O) groups is 2. The van der Waals surface area contributed by atoms with Crippen molar-refractivity contribution in [2.45, 2.75) is 56.7 Å². The molecule has 2 aliphatic heterocycles. The van der Waals surface area contributed by atoms with Crippen LogP contribution < -0.4 is 0 Å². The van der Waals surface area contributed by atoms with Gasteiger partial charge in [-0.2, -0.15) is 10.2 Å². The highest BCUT2D eigenvalue weighted by molar-refractivity contribution is 5.76. The van der Waals surface area contributed by atoms with Crippen LogP contribution in [0.4, 0.5) is 0 Å². The zero-order valence-corrected chi connectivity index (χ0v) is 14.3. The van der Waals surface area contributed by atoms with Crippen molar-refractivity contribution in [1.82, 2.24) is 9.80 Å². The van der Waals surface area contributed by atoms with Gasteiger partial charge in [0.2, 0.25) is 5.91 Å². The van der Waals surface area contributed by atoms with E-state index in [9.17, 15) is 9.59 Å². The number of carboxylic acid groups (broad SMARTS) is 1. The van der Waals surface area contributed by atoms with Crippen LogP contribution >= 0.6 is 0 Å². The molecule has 0 aliphatic carbocycles. The second-order valence-corrected chi connectivity index (χ2v) is 6.66. The molecule has 1 unspecified atom stereocenters. The highest BCUT2D eigenvalue weighted by Crippen LogP contribution is 2.37. The highest BCUT2D eigenvalue weighted by atomic mass is 16.4. The molecular weight excluding hydrogens is 308 g/mol. The largest absolute Gasteiger partial charge is 0.480 e. The van der Waals surface area contributed by atoms with Gasteiger partial charge in [0, 0.05) is 44.8 Å². The maximum Gasteiger partial charge on any atom is 0.317 e. The van der Waals surface area contributed by atoms with Crippen molar-refractivity contribution in [2.24, 2.45) is 10.2 Å². The Morgan fingerprint density at radius 2 is 2.08 bits per heavy atom. The Bertz CT molecular complexity index is 534. The first kappa shape index (κ1) is 18.4. The predicted octanol–water partition coefficient (Wildman–Crippen LogP) is 1.74. The van der Waals surface area contributed by atoms with E-state index in [1.807, 2.05) is 16.8 Å². The van der Waals surface area contributed by atoms with E-state index in [2.05, 4.69) is 16.1 Å². The topological polar surface area (TPSA) is 85.6 Å². The summed E-state index contributed by atoms with van der Waals surface area (Å²) in [7, 11) is 1.83. The van der Waals surface area contributed by atoms with E-state index in [0.717, 1.165) is 32.2 Å². The van der Waals surface area contributed by atoms with Crippen LogP contribution in [-0.4, -0.2) is 65.2 Å². The number of carbonyl (C=O) groups excluding carboxylic acids is 1. The Hall–Kier alpha value is -1.94. The first-order chi connectivity index (χ1) is 11.5. The molecule has 0 aromatic carbocycles. The van der Waals surface area contributed by atoms with Crippen molar-refractivity contribution in [3.05, 3.63) is 0 Å². The molecule has 2 aliphatic rings. The number of nitrogens with zero attached hydrogens (tertiary/aromatic N) is 4. The average Bonchev–Trinajstić information content (AvgIpc) is 3.34. The number of likely N-dealkylation sites (tertiary alicyclic amines) is 1. The van der Waals surface area contributed by atoms with Crippen LogP contribution in [0.5, 0.6) is 0 Å². The molecule has 2 rings (SSSR count). The van der Waals surface area contributed by atoms with E-state index >= 15 is 0 Å². The van der Waals surface area contributed by atoms with Gasteiger partial charge in [-0.05, 0) is 26.3 Å². The molecular formula is C17H26N4O3. The van der Waals surface area contributed by atoms with Crippen LogP contribution in [0.15, 0.2) is 10.2 Å². The van der Waals surface area contributed by atoms with Crippen molar-refractivity contribution in [2.75, 3.05) is 26.7 Å². The molecule has 7 nitrogen and oxygen atoms in total. The Balaban J connectivity index is 1.76. The van der Waals surface area contributed by atoms with Gasteiger partial charge in [0.05, 0.1) is 6.54 Å². The molecule has 2 heterocycles. The molecule has 132 valence electrons. The molecule has 0 aromatic heterocycles. The molecule has 1 atom stereocenters. The van der Waals surface area contributed by atoms with Crippen molar-refractivity contribution < 1.29 is 14.7 Å². The summed E-state index contributed by atoms with van der Waals surface area (Å²) in [5.41, 5.74) is -0.405. The number of aliphatic carboxylic acids is 1. The molecule has 0 aromatic rings. The fourth-order valence-corrected chi connectivity index (χ4v) is 3.24. The Kier molecular flexibility index (Phi) is 6.32. The maximum atomic E-state index is 12.4. The molecule has 0 bridgehead atoms. The van der Waals surface area contributed by atoms with Crippen LogP contribution in [0.2, 0.25) is 0 Å².